The Kier molecular flexibility index (Phi) is 6.42. The number of aromatic nitrogens is 3. The van der Waals surface area contributed by atoms with Crippen LogP contribution < -0.4 is 0 Å². The summed E-state index contributed by atoms with van der Waals surface area (Å²) in [7, 11) is -3.83. The van der Waals surface area contributed by atoms with E-state index in [0.717, 1.165) is 106 Å². The van der Waals surface area contributed by atoms with Gasteiger partial charge in [-0.25, -0.2) is 18.4 Å². The van der Waals surface area contributed by atoms with Crippen LogP contribution in [0.1, 0.15) is 22.3 Å². The summed E-state index contributed by atoms with van der Waals surface area (Å²) in [5.74, 6) is 0.818. The summed E-state index contributed by atoms with van der Waals surface area (Å²) >= 11 is 0. The fourth-order valence-corrected chi connectivity index (χ4v) is 12.5. The van der Waals surface area contributed by atoms with Crippen molar-refractivity contribution in [3.63, 3.8) is 0 Å². The minimum atomic E-state index is -3.83. The molecular weight excluding hydrogens is 743 g/mol. The Balaban J connectivity index is 1.14. The van der Waals surface area contributed by atoms with Crippen LogP contribution in [0.2, 0.25) is 0 Å². The van der Waals surface area contributed by atoms with Gasteiger partial charge in [-0.3, -0.25) is 4.57 Å². The summed E-state index contributed by atoms with van der Waals surface area (Å²) in [4.78, 5) is 10.3. The van der Waals surface area contributed by atoms with Crippen LogP contribution in [0, 0.1) is 0 Å². The van der Waals surface area contributed by atoms with E-state index in [1.807, 2.05) is 60.9 Å². The van der Waals surface area contributed by atoms with Gasteiger partial charge in [-0.15, -0.1) is 0 Å². The first-order valence-electron chi connectivity index (χ1n) is 19.8. The molecule has 4 heterocycles. The van der Waals surface area contributed by atoms with Crippen molar-refractivity contribution in [2.45, 2.75) is 15.2 Å². The lowest BCUT2D eigenvalue weighted by Gasteiger charge is -2.35. The van der Waals surface area contributed by atoms with Gasteiger partial charge in [0, 0.05) is 39.9 Å². The van der Waals surface area contributed by atoms with Gasteiger partial charge in [-0.2, -0.15) is 0 Å². The molecule has 6 heteroatoms. The topological polar surface area (TPSA) is 64.8 Å². The van der Waals surface area contributed by atoms with Crippen molar-refractivity contribution in [3.8, 4) is 61.5 Å². The van der Waals surface area contributed by atoms with E-state index in [1.54, 1.807) is 6.07 Å². The molecule has 1 aliphatic heterocycles. The number of fused-ring (bicyclic) bond motifs is 19. The molecule has 0 saturated carbocycles. The molecule has 3 aromatic heterocycles. The predicted molar refractivity (Wildman–Crippen MR) is 234 cm³/mol. The molecule has 7 aromatic carbocycles. The number of hydrogen-bond donors (Lipinski definition) is 0. The van der Waals surface area contributed by atoms with Crippen LogP contribution in [0.25, 0.3) is 83.4 Å². The van der Waals surface area contributed by atoms with Gasteiger partial charge in [0.25, 0.3) is 0 Å². The first-order chi connectivity index (χ1) is 29.0. The van der Waals surface area contributed by atoms with Gasteiger partial charge in [0.05, 0.1) is 20.7 Å². The molecule has 3 aliphatic rings. The van der Waals surface area contributed by atoms with Crippen molar-refractivity contribution in [2.75, 3.05) is 0 Å². The fourth-order valence-electron chi connectivity index (χ4n) is 10.6. The molecule has 0 amide bonds. The van der Waals surface area contributed by atoms with E-state index in [0.29, 0.717) is 9.79 Å². The van der Waals surface area contributed by atoms with Gasteiger partial charge in [0.2, 0.25) is 9.84 Å². The Morgan fingerprint density at radius 1 is 0.441 bits per heavy atom. The normalized spacial score (nSPS) is 16.1. The van der Waals surface area contributed by atoms with Gasteiger partial charge in [-0.1, -0.05) is 127 Å². The van der Waals surface area contributed by atoms with Crippen LogP contribution in [0.5, 0.6) is 0 Å². The molecule has 1 spiro atoms. The molecule has 5 nitrogen and oxygen atoms in total. The average Bonchev–Trinajstić information content (AvgIpc) is 3.84. The highest BCUT2D eigenvalue weighted by molar-refractivity contribution is 7.92. The fraction of sp³-hybridized carbons (Fsp3) is 0.0189. The number of hydrogen-bond acceptors (Lipinski definition) is 4. The number of nitrogens with zero attached hydrogens (tertiary/aromatic N) is 3. The van der Waals surface area contributed by atoms with Gasteiger partial charge >= 0.3 is 0 Å². The van der Waals surface area contributed by atoms with Crippen molar-refractivity contribution in [1.82, 2.24) is 14.5 Å². The molecule has 0 radical (unpaired) electrons. The quantitative estimate of drug-likeness (QED) is 0.175. The summed E-state index contributed by atoms with van der Waals surface area (Å²) in [6.45, 7) is 0. The largest absolute Gasteiger partial charge is 0.278 e. The lowest BCUT2D eigenvalue weighted by molar-refractivity contribution is 0.599. The molecule has 2 aliphatic carbocycles. The van der Waals surface area contributed by atoms with Gasteiger partial charge in [-0.05, 0) is 110 Å². The molecule has 1 unspecified atom stereocenters. The number of pyridine rings is 2. The SMILES string of the molecule is O=S1(=O)c2ccccc2-c2ccc3c(c21)-c1ccccc1C31c2ccccc2-c2ccccc2-c2ccc(-c3ccc4c(c3)c3cccnc3n4-c3ccccn3)cc21. The smallest absolute Gasteiger partial charge is 0.208 e. The average molecular weight is 774 g/mol. The van der Waals surface area contributed by atoms with E-state index >= 15 is 0 Å². The number of benzene rings is 7. The highest BCUT2D eigenvalue weighted by Crippen LogP contribution is 2.64. The zero-order valence-corrected chi connectivity index (χ0v) is 32.3. The van der Waals surface area contributed by atoms with Crippen molar-refractivity contribution < 1.29 is 8.42 Å². The highest BCUT2D eigenvalue weighted by Gasteiger charge is 2.52. The first kappa shape index (κ1) is 32.7. The van der Waals surface area contributed by atoms with Gasteiger partial charge in [0.15, 0.2) is 0 Å². The molecule has 0 N–H and O–H groups in total. The maximum absolute atomic E-state index is 14.8. The Morgan fingerprint density at radius 3 is 1.86 bits per heavy atom. The summed E-state index contributed by atoms with van der Waals surface area (Å²) < 4.78 is 31.7. The summed E-state index contributed by atoms with van der Waals surface area (Å²) in [5.41, 5.74) is 15.3. The van der Waals surface area contributed by atoms with E-state index in [-0.39, 0.29) is 0 Å². The minimum Gasteiger partial charge on any atom is -0.278 e. The van der Waals surface area contributed by atoms with Gasteiger partial charge in [0.1, 0.15) is 11.5 Å². The molecular formula is C53H31N3O2S. The zero-order valence-electron chi connectivity index (χ0n) is 31.5. The molecule has 13 rings (SSSR count). The summed E-state index contributed by atoms with van der Waals surface area (Å²) in [5, 5.41) is 2.15. The standard InChI is InChI=1S/C53H31N3O2S/c57-59(58)48-20-8-5-15-38(48)39-25-26-45-50(51(39)59)41-16-4-7-19-44(41)53(45)43-18-6-3-14-36(43)34-12-1-2-13-35(34)37-24-22-33(31-46(37)53)32-23-27-47-42(30-32)40-17-11-29-55-52(40)56(47)49-21-9-10-28-54-49/h1-31H. The molecule has 0 fully saturated rings. The Hall–Kier alpha value is -7.41. The van der Waals surface area contributed by atoms with E-state index in [9.17, 15) is 8.42 Å². The second-order valence-electron chi connectivity index (χ2n) is 15.6. The third-order valence-corrected chi connectivity index (χ3v) is 14.8. The third-order valence-electron chi connectivity index (χ3n) is 12.9. The van der Waals surface area contributed by atoms with Crippen molar-refractivity contribution >= 4 is 31.8 Å². The monoisotopic (exact) mass is 773 g/mol. The summed E-state index contributed by atoms with van der Waals surface area (Å²) in [6, 6.07) is 61.1. The van der Waals surface area contributed by atoms with Gasteiger partial charge < -0.3 is 0 Å². The zero-order chi connectivity index (χ0) is 39.0. The van der Waals surface area contributed by atoms with E-state index in [4.69, 9.17) is 9.97 Å². The molecule has 276 valence electrons. The highest BCUT2D eigenvalue weighted by atomic mass is 32.2. The van der Waals surface area contributed by atoms with Crippen LogP contribution >= 0.6 is 0 Å². The van der Waals surface area contributed by atoms with Crippen LogP contribution in [-0.2, 0) is 15.3 Å². The van der Waals surface area contributed by atoms with Crippen LogP contribution in [-0.4, -0.2) is 23.0 Å². The van der Waals surface area contributed by atoms with Crippen molar-refractivity contribution in [2.24, 2.45) is 0 Å². The molecule has 10 aromatic rings. The van der Waals surface area contributed by atoms with E-state index in [1.165, 1.54) is 0 Å². The number of sulfone groups is 1. The Morgan fingerprint density at radius 2 is 1.07 bits per heavy atom. The van der Waals surface area contributed by atoms with Crippen LogP contribution in [0.4, 0.5) is 0 Å². The Labute approximate surface area is 340 Å². The van der Waals surface area contributed by atoms with E-state index < -0.39 is 15.3 Å². The molecule has 59 heavy (non-hydrogen) atoms. The van der Waals surface area contributed by atoms with E-state index in [2.05, 4.69) is 126 Å². The van der Waals surface area contributed by atoms with Crippen LogP contribution in [0.15, 0.2) is 198 Å². The van der Waals surface area contributed by atoms with Crippen molar-refractivity contribution in [1.29, 1.82) is 0 Å². The number of rotatable bonds is 2. The maximum atomic E-state index is 14.8. The summed E-state index contributed by atoms with van der Waals surface area (Å²) in [6.07, 6.45) is 3.65. The first-order valence-corrected chi connectivity index (χ1v) is 21.3. The molecule has 0 bridgehead atoms. The van der Waals surface area contributed by atoms with Crippen molar-refractivity contribution in [3.05, 3.63) is 211 Å². The third kappa shape index (κ3) is 4.10. The minimum absolute atomic E-state index is 0.369. The van der Waals surface area contributed by atoms with Crippen LogP contribution in [0.3, 0.4) is 0 Å². The lowest BCUT2D eigenvalue weighted by Crippen LogP contribution is -2.29. The second-order valence-corrected chi connectivity index (χ2v) is 17.5. The second kappa shape index (κ2) is 11.6. The maximum Gasteiger partial charge on any atom is 0.208 e. The molecule has 1 atom stereocenters. The molecule has 0 saturated heterocycles. The predicted octanol–water partition coefficient (Wildman–Crippen LogP) is 12.1. The Bertz CT molecular complexity index is 3590. The lowest BCUT2D eigenvalue weighted by atomic mass is 9.65.